The minimum absolute atomic E-state index is 0.133. The van der Waals surface area contributed by atoms with Gasteiger partial charge < -0.3 is 0 Å². The highest BCUT2D eigenvalue weighted by Crippen LogP contribution is 2.38. The second kappa shape index (κ2) is 7.34. The molecule has 1 saturated carbocycles. The van der Waals surface area contributed by atoms with Gasteiger partial charge in [0.1, 0.15) is 11.6 Å². The van der Waals surface area contributed by atoms with E-state index in [0.717, 1.165) is 41.0 Å². The van der Waals surface area contributed by atoms with Gasteiger partial charge in [-0.15, -0.1) is 0 Å². The minimum Gasteiger partial charge on any atom is -0.207 e. The Hall–Kier alpha value is -1.96. The SMILES string of the molecule is CCC1CCC(c2ccc(C3=Cc4cc(F)ccc4CC3)c(F)c2)CC1. The molecule has 0 N–H and O–H groups in total. The van der Waals surface area contributed by atoms with Crippen molar-refractivity contribution in [3.8, 4) is 0 Å². The molecule has 0 saturated heterocycles. The summed E-state index contributed by atoms with van der Waals surface area (Å²) >= 11 is 0. The van der Waals surface area contributed by atoms with E-state index in [1.54, 1.807) is 12.1 Å². The number of halogens is 2. The van der Waals surface area contributed by atoms with Crippen molar-refractivity contribution in [1.82, 2.24) is 0 Å². The first kappa shape index (κ1) is 17.5. The Labute approximate surface area is 154 Å². The predicted octanol–water partition coefficient (Wildman–Crippen LogP) is 7.14. The zero-order valence-electron chi connectivity index (χ0n) is 15.4. The van der Waals surface area contributed by atoms with Crippen LogP contribution in [-0.4, -0.2) is 0 Å². The van der Waals surface area contributed by atoms with Gasteiger partial charge in [-0.05, 0) is 90.8 Å². The minimum atomic E-state index is -0.236. The molecule has 0 spiro atoms. The van der Waals surface area contributed by atoms with Crippen LogP contribution in [0.5, 0.6) is 0 Å². The van der Waals surface area contributed by atoms with Gasteiger partial charge >= 0.3 is 0 Å². The van der Waals surface area contributed by atoms with Gasteiger partial charge in [0.15, 0.2) is 0 Å². The quantitative estimate of drug-likeness (QED) is 0.551. The molecule has 0 heterocycles. The Kier molecular flexibility index (Phi) is 4.93. The topological polar surface area (TPSA) is 0 Å². The van der Waals surface area contributed by atoms with Crippen molar-refractivity contribution in [1.29, 1.82) is 0 Å². The Morgan fingerprint density at radius 1 is 0.923 bits per heavy atom. The lowest BCUT2D eigenvalue weighted by molar-refractivity contribution is 0.318. The van der Waals surface area contributed by atoms with Crippen LogP contribution in [0.2, 0.25) is 0 Å². The van der Waals surface area contributed by atoms with Crippen molar-refractivity contribution < 1.29 is 8.78 Å². The molecule has 2 aliphatic carbocycles. The monoisotopic (exact) mass is 352 g/mol. The summed E-state index contributed by atoms with van der Waals surface area (Å²) in [5.74, 6) is 0.978. The van der Waals surface area contributed by atoms with Gasteiger partial charge in [0, 0.05) is 5.56 Å². The average Bonchev–Trinajstić information content (AvgIpc) is 2.67. The van der Waals surface area contributed by atoms with Crippen LogP contribution in [-0.2, 0) is 6.42 Å². The number of rotatable bonds is 3. The maximum atomic E-state index is 14.9. The molecule has 26 heavy (non-hydrogen) atoms. The van der Waals surface area contributed by atoms with E-state index in [1.165, 1.54) is 38.2 Å². The molecule has 136 valence electrons. The molecule has 2 heteroatoms. The second-order valence-electron chi connectivity index (χ2n) is 7.88. The fourth-order valence-corrected chi connectivity index (χ4v) is 4.62. The van der Waals surface area contributed by atoms with E-state index in [2.05, 4.69) is 13.0 Å². The van der Waals surface area contributed by atoms with Crippen LogP contribution in [0, 0.1) is 17.6 Å². The zero-order chi connectivity index (χ0) is 18.1. The van der Waals surface area contributed by atoms with Gasteiger partial charge in [-0.1, -0.05) is 37.6 Å². The molecule has 2 aliphatic rings. The molecular formula is C24H26F2. The summed E-state index contributed by atoms with van der Waals surface area (Å²) in [6.45, 7) is 2.27. The van der Waals surface area contributed by atoms with Crippen LogP contribution in [0.3, 0.4) is 0 Å². The van der Waals surface area contributed by atoms with Crippen molar-refractivity contribution in [2.75, 3.05) is 0 Å². The number of hydrogen-bond donors (Lipinski definition) is 0. The van der Waals surface area contributed by atoms with Crippen LogP contribution < -0.4 is 0 Å². The zero-order valence-corrected chi connectivity index (χ0v) is 15.4. The smallest absolute Gasteiger partial charge is 0.130 e. The molecule has 2 aromatic carbocycles. The van der Waals surface area contributed by atoms with Crippen LogP contribution in [0.15, 0.2) is 36.4 Å². The van der Waals surface area contributed by atoms with E-state index in [0.29, 0.717) is 11.5 Å². The Morgan fingerprint density at radius 3 is 2.46 bits per heavy atom. The van der Waals surface area contributed by atoms with Crippen molar-refractivity contribution in [3.05, 3.63) is 70.3 Å². The molecular weight excluding hydrogens is 326 g/mol. The molecule has 0 atom stereocenters. The van der Waals surface area contributed by atoms with E-state index in [1.807, 2.05) is 18.2 Å². The number of fused-ring (bicyclic) bond motifs is 1. The summed E-state index contributed by atoms with van der Waals surface area (Å²) in [4.78, 5) is 0. The van der Waals surface area contributed by atoms with E-state index >= 15 is 0 Å². The Bertz CT molecular complexity index is 826. The summed E-state index contributed by atoms with van der Waals surface area (Å²) in [7, 11) is 0. The lowest BCUT2D eigenvalue weighted by atomic mass is 9.77. The second-order valence-corrected chi connectivity index (χ2v) is 7.88. The van der Waals surface area contributed by atoms with E-state index in [4.69, 9.17) is 0 Å². The molecule has 0 aliphatic heterocycles. The molecule has 0 bridgehead atoms. The maximum Gasteiger partial charge on any atom is 0.130 e. The molecule has 0 aromatic heterocycles. The molecule has 0 radical (unpaired) electrons. The standard InChI is InChI=1S/C24H26F2/c1-2-16-3-5-17(6-4-16)19-10-12-23(24(26)15-19)20-8-7-18-9-11-22(25)14-21(18)13-20/h9-17H,2-8H2,1H3. The largest absolute Gasteiger partial charge is 0.207 e. The van der Waals surface area contributed by atoms with Crippen molar-refractivity contribution in [2.24, 2.45) is 5.92 Å². The molecule has 4 rings (SSSR count). The fraction of sp³-hybridized carbons (Fsp3) is 0.417. The third-order valence-electron chi connectivity index (χ3n) is 6.34. The normalized spacial score (nSPS) is 22.7. The third kappa shape index (κ3) is 3.47. The first-order chi connectivity index (χ1) is 12.6. The third-order valence-corrected chi connectivity index (χ3v) is 6.34. The highest BCUT2D eigenvalue weighted by atomic mass is 19.1. The highest BCUT2D eigenvalue weighted by molar-refractivity contribution is 5.84. The number of hydrogen-bond acceptors (Lipinski definition) is 0. The van der Waals surface area contributed by atoms with Crippen LogP contribution in [0.4, 0.5) is 8.78 Å². The van der Waals surface area contributed by atoms with Gasteiger partial charge in [-0.3, -0.25) is 0 Å². The van der Waals surface area contributed by atoms with Crippen molar-refractivity contribution in [3.63, 3.8) is 0 Å². The molecule has 0 unspecified atom stereocenters. The maximum absolute atomic E-state index is 14.9. The summed E-state index contributed by atoms with van der Waals surface area (Å²) < 4.78 is 28.4. The lowest BCUT2D eigenvalue weighted by Crippen LogP contribution is -2.13. The lowest BCUT2D eigenvalue weighted by Gasteiger charge is -2.28. The van der Waals surface area contributed by atoms with Gasteiger partial charge in [0.05, 0.1) is 0 Å². The van der Waals surface area contributed by atoms with Crippen LogP contribution in [0.25, 0.3) is 11.6 Å². The Balaban J connectivity index is 1.57. The summed E-state index contributed by atoms with van der Waals surface area (Å²) in [5, 5.41) is 0. The van der Waals surface area contributed by atoms with Gasteiger partial charge in [-0.2, -0.15) is 0 Å². The number of aryl methyl sites for hydroxylation is 1. The van der Waals surface area contributed by atoms with E-state index in [9.17, 15) is 8.78 Å². The highest BCUT2D eigenvalue weighted by Gasteiger charge is 2.23. The first-order valence-corrected chi connectivity index (χ1v) is 9.93. The molecule has 0 nitrogen and oxygen atoms in total. The van der Waals surface area contributed by atoms with Crippen LogP contribution in [0.1, 0.15) is 73.6 Å². The molecule has 2 aromatic rings. The van der Waals surface area contributed by atoms with Gasteiger partial charge in [0.2, 0.25) is 0 Å². The van der Waals surface area contributed by atoms with Crippen molar-refractivity contribution in [2.45, 2.75) is 57.8 Å². The predicted molar refractivity (Wildman–Crippen MR) is 104 cm³/mol. The van der Waals surface area contributed by atoms with Gasteiger partial charge in [-0.25, -0.2) is 8.78 Å². The van der Waals surface area contributed by atoms with Crippen molar-refractivity contribution >= 4 is 11.6 Å². The molecule has 1 fully saturated rings. The van der Waals surface area contributed by atoms with Gasteiger partial charge in [0.25, 0.3) is 0 Å². The summed E-state index contributed by atoms with van der Waals surface area (Å²) in [5.41, 5.74) is 4.81. The number of benzene rings is 2. The number of allylic oxidation sites excluding steroid dienone is 1. The van der Waals surface area contributed by atoms with E-state index in [-0.39, 0.29) is 11.6 Å². The van der Waals surface area contributed by atoms with E-state index < -0.39 is 0 Å². The first-order valence-electron chi connectivity index (χ1n) is 9.93. The molecule has 0 amide bonds. The fourth-order valence-electron chi connectivity index (χ4n) is 4.62. The van der Waals surface area contributed by atoms with Crippen LogP contribution >= 0.6 is 0 Å². The summed E-state index contributed by atoms with van der Waals surface area (Å²) in [6.07, 6.45) is 9.72. The average molecular weight is 352 g/mol. The Morgan fingerprint density at radius 2 is 1.73 bits per heavy atom. The summed E-state index contributed by atoms with van der Waals surface area (Å²) in [6, 6.07) is 10.7.